The lowest BCUT2D eigenvalue weighted by Crippen LogP contribution is -2.29. The molecule has 33 heavy (non-hydrogen) atoms. The van der Waals surface area contributed by atoms with E-state index in [1.54, 1.807) is 55.5 Å². The molecule has 170 valence electrons. The SMILES string of the molecule is CCOc1ccc(/C(O)=C2/C(=O)C(=O)N(c3ccc(N(C)C)cc3)C2c2ccc(C)o2)cc1. The van der Waals surface area contributed by atoms with Crippen molar-refractivity contribution < 1.29 is 23.8 Å². The van der Waals surface area contributed by atoms with Crippen LogP contribution < -0.4 is 14.5 Å². The quantitative estimate of drug-likeness (QED) is 0.336. The van der Waals surface area contributed by atoms with Gasteiger partial charge in [-0.15, -0.1) is 0 Å². The standard InChI is InChI=1S/C26H26N2O5/c1-5-32-20-13-7-17(8-14-20)24(29)22-23(21-15-6-16(2)33-21)28(26(31)25(22)30)19-11-9-18(10-12-19)27(3)4/h6-15,23,29H,5H2,1-4H3/b24-22-. The molecule has 3 aromatic rings. The van der Waals surface area contributed by atoms with Gasteiger partial charge in [0.25, 0.3) is 11.7 Å². The minimum Gasteiger partial charge on any atom is -0.507 e. The van der Waals surface area contributed by atoms with Gasteiger partial charge in [-0.3, -0.25) is 14.5 Å². The largest absolute Gasteiger partial charge is 0.507 e. The smallest absolute Gasteiger partial charge is 0.300 e. The van der Waals surface area contributed by atoms with Gasteiger partial charge in [0.1, 0.15) is 29.1 Å². The highest BCUT2D eigenvalue weighted by molar-refractivity contribution is 6.51. The molecule has 1 aliphatic rings. The maximum atomic E-state index is 13.2. The van der Waals surface area contributed by atoms with Crippen molar-refractivity contribution in [3.8, 4) is 5.75 Å². The van der Waals surface area contributed by atoms with Crippen LogP contribution in [0.2, 0.25) is 0 Å². The number of carbonyl (C=O) groups is 2. The summed E-state index contributed by atoms with van der Waals surface area (Å²) in [4.78, 5) is 29.6. The first kappa shape index (κ1) is 22.2. The Hall–Kier alpha value is -4.00. The second kappa shape index (κ2) is 8.86. The van der Waals surface area contributed by atoms with Crippen molar-refractivity contribution in [2.45, 2.75) is 19.9 Å². The van der Waals surface area contributed by atoms with Gasteiger partial charge in [-0.1, -0.05) is 0 Å². The molecule has 7 heteroatoms. The van der Waals surface area contributed by atoms with Crippen molar-refractivity contribution in [2.75, 3.05) is 30.5 Å². The van der Waals surface area contributed by atoms with Crippen LogP contribution in [0.5, 0.6) is 5.75 Å². The van der Waals surface area contributed by atoms with E-state index in [0.29, 0.717) is 35.1 Å². The van der Waals surface area contributed by atoms with Gasteiger partial charge >= 0.3 is 0 Å². The van der Waals surface area contributed by atoms with Gasteiger partial charge in [-0.05, 0) is 74.5 Å². The molecule has 2 aromatic carbocycles. The van der Waals surface area contributed by atoms with Crippen LogP contribution in [0, 0.1) is 6.92 Å². The minimum absolute atomic E-state index is 0.0183. The van der Waals surface area contributed by atoms with Crippen LogP contribution in [0.4, 0.5) is 11.4 Å². The summed E-state index contributed by atoms with van der Waals surface area (Å²) in [6.07, 6.45) is 0. The fourth-order valence-electron chi connectivity index (χ4n) is 3.91. The van der Waals surface area contributed by atoms with E-state index in [1.165, 1.54) is 4.90 Å². The lowest BCUT2D eigenvalue weighted by molar-refractivity contribution is -0.132. The van der Waals surface area contributed by atoms with Crippen LogP contribution in [0.15, 0.2) is 70.7 Å². The van der Waals surface area contributed by atoms with Crippen LogP contribution in [-0.2, 0) is 9.59 Å². The maximum absolute atomic E-state index is 13.2. The predicted molar refractivity (Wildman–Crippen MR) is 127 cm³/mol. The van der Waals surface area contributed by atoms with Crippen molar-refractivity contribution in [1.82, 2.24) is 0 Å². The fraction of sp³-hybridized carbons (Fsp3) is 0.231. The summed E-state index contributed by atoms with van der Waals surface area (Å²) in [6, 6.07) is 16.6. The normalized spacial score (nSPS) is 17.5. The summed E-state index contributed by atoms with van der Waals surface area (Å²) in [5.74, 6) is -0.0664. The van der Waals surface area contributed by atoms with Gasteiger partial charge in [0.05, 0.1) is 12.2 Å². The Morgan fingerprint density at radius 2 is 1.70 bits per heavy atom. The average Bonchev–Trinajstić information content (AvgIpc) is 3.35. The molecule has 2 heterocycles. The lowest BCUT2D eigenvalue weighted by Gasteiger charge is -2.24. The number of aryl methyl sites for hydroxylation is 1. The number of ether oxygens (including phenoxy) is 1. The van der Waals surface area contributed by atoms with E-state index in [9.17, 15) is 14.7 Å². The molecule has 0 radical (unpaired) electrons. The van der Waals surface area contributed by atoms with Crippen molar-refractivity contribution in [3.63, 3.8) is 0 Å². The summed E-state index contributed by atoms with van der Waals surface area (Å²) in [7, 11) is 3.84. The molecule has 0 aliphatic carbocycles. The average molecular weight is 447 g/mol. The molecular weight excluding hydrogens is 420 g/mol. The number of hydrogen-bond donors (Lipinski definition) is 1. The molecule has 7 nitrogen and oxygen atoms in total. The topological polar surface area (TPSA) is 83.2 Å². The van der Waals surface area contributed by atoms with E-state index in [1.807, 2.05) is 38.1 Å². The number of aliphatic hydroxyl groups excluding tert-OH is 1. The Kier molecular flexibility index (Phi) is 5.96. The molecule has 1 unspecified atom stereocenters. The van der Waals surface area contributed by atoms with Gasteiger partial charge in [-0.2, -0.15) is 0 Å². The summed E-state index contributed by atoms with van der Waals surface area (Å²) >= 11 is 0. The summed E-state index contributed by atoms with van der Waals surface area (Å²) in [5, 5.41) is 11.1. The molecule has 1 saturated heterocycles. The van der Waals surface area contributed by atoms with Crippen LogP contribution in [0.3, 0.4) is 0 Å². The molecule has 0 bridgehead atoms. The molecule has 1 N–H and O–H groups in total. The number of amides is 1. The third-order valence-corrected chi connectivity index (χ3v) is 5.56. The number of benzene rings is 2. The molecule has 4 rings (SSSR count). The van der Waals surface area contributed by atoms with Gasteiger partial charge in [0, 0.05) is 31.0 Å². The Balaban J connectivity index is 1.84. The number of aliphatic hydroxyl groups is 1. The van der Waals surface area contributed by atoms with Gasteiger partial charge < -0.3 is 19.2 Å². The van der Waals surface area contributed by atoms with E-state index in [4.69, 9.17) is 9.15 Å². The van der Waals surface area contributed by atoms with Crippen LogP contribution in [-0.4, -0.2) is 37.5 Å². The Morgan fingerprint density at radius 1 is 1.03 bits per heavy atom. The summed E-state index contributed by atoms with van der Waals surface area (Å²) in [6.45, 7) is 4.18. The van der Waals surface area contributed by atoms with E-state index in [-0.39, 0.29) is 11.3 Å². The number of nitrogens with zero attached hydrogens (tertiary/aromatic N) is 2. The Labute approximate surface area is 192 Å². The molecule has 0 spiro atoms. The van der Waals surface area contributed by atoms with Crippen molar-refractivity contribution in [3.05, 3.63) is 83.3 Å². The van der Waals surface area contributed by atoms with E-state index in [2.05, 4.69) is 0 Å². The molecule has 1 atom stereocenters. The summed E-state index contributed by atoms with van der Waals surface area (Å²) < 4.78 is 11.3. The second-order valence-corrected chi connectivity index (χ2v) is 7.99. The number of carbonyl (C=O) groups excluding carboxylic acids is 2. The van der Waals surface area contributed by atoms with Crippen LogP contribution in [0.25, 0.3) is 5.76 Å². The Morgan fingerprint density at radius 3 is 2.24 bits per heavy atom. The van der Waals surface area contributed by atoms with Crippen molar-refractivity contribution in [2.24, 2.45) is 0 Å². The molecule has 1 aromatic heterocycles. The highest BCUT2D eigenvalue weighted by Gasteiger charge is 2.48. The van der Waals surface area contributed by atoms with Gasteiger partial charge in [0.2, 0.25) is 0 Å². The minimum atomic E-state index is -0.893. The number of furan rings is 1. The predicted octanol–water partition coefficient (Wildman–Crippen LogP) is 4.68. The fourth-order valence-corrected chi connectivity index (χ4v) is 3.91. The lowest BCUT2D eigenvalue weighted by atomic mass is 9.99. The number of ketones is 1. The van der Waals surface area contributed by atoms with Crippen molar-refractivity contribution in [1.29, 1.82) is 0 Å². The van der Waals surface area contributed by atoms with Crippen LogP contribution in [0.1, 0.15) is 30.0 Å². The van der Waals surface area contributed by atoms with E-state index in [0.717, 1.165) is 5.69 Å². The van der Waals surface area contributed by atoms with Gasteiger partial charge in [-0.25, -0.2) is 0 Å². The first-order chi connectivity index (χ1) is 15.8. The molecule has 1 fully saturated rings. The first-order valence-electron chi connectivity index (χ1n) is 10.7. The number of Topliss-reactive ketones (excluding diaryl/α,β-unsaturated/α-hetero) is 1. The highest BCUT2D eigenvalue weighted by atomic mass is 16.5. The highest BCUT2D eigenvalue weighted by Crippen LogP contribution is 2.43. The third-order valence-electron chi connectivity index (χ3n) is 5.56. The molecule has 0 saturated carbocycles. The number of hydrogen-bond acceptors (Lipinski definition) is 6. The molecular formula is C26H26N2O5. The maximum Gasteiger partial charge on any atom is 0.300 e. The molecule has 1 aliphatic heterocycles. The Bertz CT molecular complexity index is 1210. The summed E-state index contributed by atoms with van der Waals surface area (Å²) in [5.41, 5.74) is 1.88. The second-order valence-electron chi connectivity index (χ2n) is 7.99. The third kappa shape index (κ3) is 4.09. The van der Waals surface area contributed by atoms with Crippen LogP contribution >= 0.6 is 0 Å². The number of rotatable bonds is 6. The van der Waals surface area contributed by atoms with E-state index >= 15 is 0 Å². The zero-order chi connectivity index (χ0) is 23.7. The van der Waals surface area contributed by atoms with Crippen molar-refractivity contribution >= 4 is 28.8 Å². The number of anilines is 2. The zero-order valence-electron chi connectivity index (χ0n) is 19.0. The molecule has 1 amide bonds. The zero-order valence-corrected chi connectivity index (χ0v) is 19.0. The van der Waals surface area contributed by atoms with Gasteiger partial charge in [0.15, 0.2) is 0 Å². The monoisotopic (exact) mass is 446 g/mol. The first-order valence-corrected chi connectivity index (χ1v) is 10.7. The van der Waals surface area contributed by atoms with E-state index < -0.39 is 17.7 Å².